The minimum atomic E-state index is -3.73. The summed E-state index contributed by atoms with van der Waals surface area (Å²) in [6, 6.07) is 6.45. The number of hydrogen-bond acceptors (Lipinski definition) is 3. The first-order valence-electron chi connectivity index (χ1n) is 4.51. The van der Waals surface area contributed by atoms with Gasteiger partial charge in [0.1, 0.15) is 0 Å². The van der Waals surface area contributed by atoms with E-state index in [0.717, 1.165) is 5.56 Å². The highest BCUT2D eigenvalue weighted by molar-refractivity contribution is 7.90. The summed E-state index contributed by atoms with van der Waals surface area (Å²) in [6.45, 7) is 0.0258. The van der Waals surface area contributed by atoms with Gasteiger partial charge in [-0.05, 0) is 24.3 Å². The van der Waals surface area contributed by atoms with Crippen LogP contribution in [0.4, 0.5) is 5.69 Å². The fraction of sp³-hybridized carbons (Fsp3) is 0.200. The van der Waals surface area contributed by atoms with Gasteiger partial charge in [0.25, 0.3) is 10.2 Å². The summed E-state index contributed by atoms with van der Waals surface area (Å²) in [4.78, 5) is 0. The van der Waals surface area contributed by atoms with Crippen LogP contribution >= 0.6 is 0 Å². The molecule has 0 atom stereocenters. The monoisotopic (exact) mass is 240 g/mol. The molecular formula is C10H12N2O3S. The van der Waals surface area contributed by atoms with E-state index in [4.69, 9.17) is 10.2 Å². The molecule has 0 aliphatic rings. The molecule has 0 amide bonds. The normalized spacial score (nSPS) is 10.4. The molecule has 4 N–H and O–H groups in total. The van der Waals surface area contributed by atoms with Gasteiger partial charge in [0.05, 0.1) is 6.61 Å². The number of aliphatic hydroxyl groups is 1. The topological polar surface area (TPSA) is 92.4 Å². The first-order valence-corrected chi connectivity index (χ1v) is 6.06. The third-order valence-corrected chi connectivity index (χ3v) is 2.13. The van der Waals surface area contributed by atoms with Gasteiger partial charge < -0.3 is 5.11 Å². The lowest BCUT2D eigenvalue weighted by Crippen LogP contribution is -2.21. The lowest BCUT2D eigenvalue weighted by molar-refractivity contribution is 0.305. The number of rotatable bonds is 3. The largest absolute Gasteiger partial charge is 0.395 e. The van der Waals surface area contributed by atoms with E-state index in [1.807, 2.05) is 0 Å². The molecule has 0 spiro atoms. The Hall–Kier alpha value is -1.55. The van der Waals surface area contributed by atoms with Gasteiger partial charge in [0.15, 0.2) is 0 Å². The van der Waals surface area contributed by atoms with Gasteiger partial charge in [-0.25, -0.2) is 5.14 Å². The zero-order valence-electron chi connectivity index (χ0n) is 8.47. The van der Waals surface area contributed by atoms with E-state index in [9.17, 15) is 8.42 Å². The summed E-state index contributed by atoms with van der Waals surface area (Å²) < 4.78 is 23.6. The van der Waals surface area contributed by atoms with Crippen molar-refractivity contribution in [2.45, 2.75) is 6.42 Å². The van der Waals surface area contributed by atoms with Gasteiger partial charge in [0.2, 0.25) is 0 Å². The van der Waals surface area contributed by atoms with E-state index in [1.54, 1.807) is 24.3 Å². The molecule has 0 fully saturated rings. The van der Waals surface area contributed by atoms with Crippen LogP contribution in [0.5, 0.6) is 0 Å². The highest BCUT2D eigenvalue weighted by Gasteiger charge is 2.00. The van der Waals surface area contributed by atoms with Gasteiger partial charge in [0, 0.05) is 17.7 Å². The summed E-state index contributed by atoms with van der Waals surface area (Å²) in [5, 5.41) is 13.3. The molecule has 0 aliphatic heterocycles. The zero-order valence-corrected chi connectivity index (χ0v) is 9.29. The second kappa shape index (κ2) is 5.51. The van der Waals surface area contributed by atoms with E-state index in [1.165, 1.54) is 0 Å². The van der Waals surface area contributed by atoms with E-state index < -0.39 is 10.2 Å². The van der Waals surface area contributed by atoms with Crippen molar-refractivity contribution in [1.82, 2.24) is 0 Å². The Bertz CT molecular complexity index is 497. The Morgan fingerprint density at radius 3 is 2.44 bits per heavy atom. The second-order valence-corrected chi connectivity index (χ2v) is 4.29. The molecule has 0 bridgehead atoms. The summed E-state index contributed by atoms with van der Waals surface area (Å²) in [6.07, 6.45) is 0.414. The predicted molar refractivity (Wildman–Crippen MR) is 61.8 cm³/mol. The standard InChI is InChI=1S/C10H12N2O3S/c11-16(14,15)12-10-6-4-9(5-7-10)3-1-2-8-13/h4-7,12-13H,2,8H2,(H2,11,14,15). The fourth-order valence-electron chi connectivity index (χ4n) is 1.01. The summed E-state index contributed by atoms with van der Waals surface area (Å²) in [5.74, 6) is 5.57. The second-order valence-electron chi connectivity index (χ2n) is 3.00. The molecule has 0 saturated carbocycles. The predicted octanol–water partition coefficient (Wildman–Crippen LogP) is 0.0359. The van der Waals surface area contributed by atoms with Gasteiger partial charge >= 0.3 is 0 Å². The van der Waals surface area contributed by atoms with Crippen molar-refractivity contribution >= 4 is 15.9 Å². The number of benzene rings is 1. The Morgan fingerprint density at radius 2 is 1.94 bits per heavy atom. The Kier molecular flexibility index (Phi) is 4.31. The van der Waals surface area contributed by atoms with Crippen LogP contribution in [-0.2, 0) is 10.2 Å². The van der Waals surface area contributed by atoms with Crippen LogP contribution in [0, 0.1) is 11.8 Å². The molecule has 0 heterocycles. The quantitative estimate of drug-likeness (QED) is 0.651. The van der Waals surface area contributed by atoms with Crippen molar-refractivity contribution in [3.8, 4) is 11.8 Å². The van der Waals surface area contributed by atoms with Crippen LogP contribution in [0.25, 0.3) is 0 Å². The Morgan fingerprint density at radius 1 is 1.31 bits per heavy atom. The molecule has 0 unspecified atom stereocenters. The highest BCUT2D eigenvalue weighted by atomic mass is 32.2. The van der Waals surface area contributed by atoms with Crippen LogP contribution in [0.1, 0.15) is 12.0 Å². The van der Waals surface area contributed by atoms with Crippen LogP contribution in [-0.4, -0.2) is 20.1 Å². The van der Waals surface area contributed by atoms with Crippen molar-refractivity contribution in [1.29, 1.82) is 0 Å². The average Bonchev–Trinajstić information content (AvgIpc) is 2.19. The fourth-order valence-corrected chi connectivity index (χ4v) is 1.47. The lowest BCUT2D eigenvalue weighted by Gasteiger charge is -2.02. The van der Waals surface area contributed by atoms with Crippen LogP contribution < -0.4 is 9.86 Å². The average molecular weight is 240 g/mol. The van der Waals surface area contributed by atoms with E-state index in [-0.39, 0.29) is 6.61 Å². The summed E-state index contributed by atoms with van der Waals surface area (Å²) in [7, 11) is -3.73. The minimum Gasteiger partial charge on any atom is -0.395 e. The zero-order chi connectivity index (χ0) is 12.0. The van der Waals surface area contributed by atoms with E-state index >= 15 is 0 Å². The number of anilines is 1. The maximum Gasteiger partial charge on any atom is 0.296 e. The first-order chi connectivity index (χ1) is 7.51. The smallest absolute Gasteiger partial charge is 0.296 e. The minimum absolute atomic E-state index is 0.0258. The third-order valence-electron chi connectivity index (χ3n) is 1.61. The molecule has 0 aliphatic carbocycles. The first kappa shape index (κ1) is 12.5. The molecular weight excluding hydrogens is 228 g/mol. The maximum atomic E-state index is 10.7. The number of nitrogens with two attached hydrogens (primary N) is 1. The van der Waals surface area contributed by atoms with Crippen molar-refractivity contribution in [3.63, 3.8) is 0 Å². The van der Waals surface area contributed by atoms with Gasteiger partial charge in [-0.3, -0.25) is 4.72 Å². The number of aliphatic hydroxyl groups excluding tert-OH is 1. The number of nitrogens with one attached hydrogen (secondary N) is 1. The Labute approximate surface area is 94.5 Å². The molecule has 1 rings (SSSR count). The van der Waals surface area contributed by atoms with Gasteiger partial charge in [-0.1, -0.05) is 11.8 Å². The number of hydrogen-bond donors (Lipinski definition) is 3. The summed E-state index contributed by atoms with van der Waals surface area (Å²) >= 11 is 0. The molecule has 1 aromatic carbocycles. The molecule has 16 heavy (non-hydrogen) atoms. The van der Waals surface area contributed by atoms with Crippen LogP contribution in [0.3, 0.4) is 0 Å². The van der Waals surface area contributed by atoms with Gasteiger partial charge in [-0.15, -0.1) is 0 Å². The molecule has 1 aromatic rings. The van der Waals surface area contributed by atoms with Crippen LogP contribution in [0.15, 0.2) is 24.3 Å². The van der Waals surface area contributed by atoms with Crippen molar-refractivity contribution in [3.05, 3.63) is 29.8 Å². The molecule has 0 radical (unpaired) electrons. The Balaban J connectivity index is 2.73. The summed E-state index contributed by atoms with van der Waals surface area (Å²) in [5.41, 5.74) is 1.13. The maximum absolute atomic E-state index is 10.7. The molecule has 86 valence electrons. The highest BCUT2D eigenvalue weighted by Crippen LogP contribution is 2.09. The molecule has 0 saturated heterocycles. The third kappa shape index (κ3) is 4.79. The lowest BCUT2D eigenvalue weighted by atomic mass is 10.2. The van der Waals surface area contributed by atoms with Gasteiger partial charge in [-0.2, -0.15) is 8.42 Å². The van der Waals surface area contributed by atoms with Crippen molar-refractivity contribution < 1.29 is 13.5 Å². The molecule has 0 aromatic heterocycles. The molecule has 6 heteroatoms. The van der Waals surface area contributed by atoms with E-state index in [0.29, 0.717) is 12.1 Å². The van der Waals surface area contributed by atoms with Crippen molar-refractivity contribution in [2.75, 3.05) is 11.3 Å². The molecule has 5 nitrogen and oxygen atoms in total. The van der Waals surface area contributed by atoms with Crippen molar-refractivity contribution in [2.24, 2.45) is 5.14 Å². The SMILES string of the molecule is NS(=O)(=O)Nc1ccc(C#CCCO)cc1. The van der Waals surface area contributed by atoms with Crippen LogP contribution in [0.2, 0.25) is 0 Å². The van der Waals surface area contributed by atoms with E-state index in [2.05, 4.69) is 16.6 Å².